The van der Waals surface area contributed by atoms with Crippen molar-refractivity contribution in [3.63, 3.8) is 0 Å². The van der Waals surface area contributed by atoms with E-state index in [1.54, 1.807) is 0 Å². The molecule has 1 saturated heterocycles. The van der Waals surface area contributed by atoms with E-state index in [1.807, 2.05) is 0 Å². The molecule has 1 heterocycles. The van der Waals surface area contributed by atoms with E-state index in [1.165, 1.54) is 44.3 Å². The van der Waals surface area contributed by atoms with Crippen LogP contribution in [0.3, 0.4) is 0 Å². The molecule has 1 N–H and O–H groups in total. The molecule has 2 unspecified atom stereocenters. The van der Waals surface area contributed by atoms with Gasteiger partial charge in [-0.3, -0.25) is 4.90 Å². The Kier molecular flexibility index (Phi) is 3.12. The fourth-order valence-electron chi connectivity index (χ4n) is 3.85. The van der Waals surface area contributed by atoms with Crippen molar-refractivity contribution in [1.82, 2.24) is 10.2 Å². The molecular formula is C18H26N2. The second kappa shape index (κ2) is 4.85. The summed E-state index contributed by atoms with van der Waals surface area (Å²) in [4.78, 5) is 2.83. The molecule has 2 heteroatoms. The lowest BCUT2D eigenvalue weighted by atomic mass is 9.88. The molecule has 2 aliphatic carbocycles. The lowest BCUT2D eigenvalue weighted by Gasteiger charge is -2.49. The SMILES string of the molecule is CC1(C2CC2)CNC(c2ccccc2)CN1CC1CC1. The first kappa shape index (κ1) is 12.8. The Morgan fingerprint density at radius 2 is 1.90 bits per heavy atom. The zero-order valence-corrected chi connectivity index (χ0v) is 12.5. The Morgan fingerprint density at radius 3 is 2.55 bits per heavy atom. The maximum atomic E-state index is 3.83. The van der Waals surface area contributed by atoms with E-state index in [0.29, 0.717) is 11.6 Å². The van der Waals surface area contributed by atoms with Gasteiger partial charge in [0.15, 0.2) is 0 Å². The smallest absolute Gasteiger partial charge is 0.0450 e. The molecule has 0 radical (unpaired) electrons. The van der Waals surface area contributed by atoms with Crippen LogP contribution in [0.25, 0.3) is 0 Å². The van der Waals surface area contributed by atoms with Crippen molar-refractivity contribution in [2.45, 2.75) is 44.2 Å². The van der Waals surface area contributed by atoms with Crippen LogP contribution in [-0.2, 0) is 0 Å². The summed E-state index contributed by atoms with van der Waals surface area (Å²) in [6, 6.07) is 11.5. The van der Waals surface area contributed by atoms with Crippen LogP contribution in [0.5, 0.6) is 0 Å². The van der Waals surface area contributed by atoms with Crippen molar-refractivity contribution in [1.29, 1.82) is 0 Å². The van der Waals surface area contributed by atoms with E-state index in [4.69, 9.17) is 0 Å². The van der Waals surface area contributed by atoms with Gasteiger partial charge in [0.25, 0.3) is 0 Å². The van der Waals surface area contributed by atoms with Crippen molar-refractivity contribution >= 4 is 0 Å². The highest BCUT2D eigenvalue weighted by molar-refractivity contribution is 5.21. The van der Waals surface area contributed by atoms with Gasteiger partial charge >= 0.3 is 0 Å². The fraction of sp³-hybridized carbons (Fsp3) is 0.667. The third kappa shape index (κ3) is 2.40. The maximum Gasteiger partial charge on any atom is 0.0450 e. The summed E-state index contributed by atoms with van der Waals surface area (Å²) < 4.78 is 0. The Bertz CT molecular complexity index is 464. The number of hydrogen-bond donors (Lipinski definition) is 1. The van der Waals surface area contributed by atoms with E-state index in [-0.39, 0.29) is 0 Å². The quantitative estimate of drug-likeness (QED) is 0.904. The topological polar surface area (TPSA) is 15.3 Å². The van der Waals surface area contributed by atoms with E-state index in [0.717, 1.165) is 18.4 Å². The molecule has 3 fully saturated rings. The summed E-state index contributed by atoms with van der Waals surface area (Å²) in [5, 5.41) is 3.83. The van der Waals surface area contributed by atoms with Crippen LogP contribution in [0.1, 0.15) is 44.2 Å². The number of piperazine rings is 1. The van der Waals surface area contributed by atoms with Gasteiger partial charge in [-0.05, 0) is 50.0 Å². The number of rotatable bonds is 4. The summed E-state index contributed by atoms with van der Waals surface area (Å²) in [6.45, 7) is 6.18. The van der Waals surface area contributed by atoms with Gasteiger partial charge in [0.1, 0.15) is 0 Å². The minimum atomic E-state index is 0.411. The third-order valence-electron chi connectivity index (χ3n) is 5.67. The van der Waals surface area contributed by atoms with Gasteiger partial charge in [-0.25, -0.2) is 0 Å². The standard InChI is InChI=1S/C18H26N2/c1-18(16-9-10-16)13-19-17(15-5-3-2-4-6-15)12-20(18)11-14-7-8-14/h2-6,14,16-17,19H,7-13H2,1H3. The first-order valence-electron chi connectivity index (χ1n) is 8.29. The number of benzene rings is 1. The Hall–Kier alpha value is -0.860. The van der Waals surface area contributed by atoms with Gasteiger partial charge in [-0.1, -0.05) is 30.3 Å². The normalized spacial score (nSPS) is 35.1. The van der Waals surface area contributed by atoms with Crippen LogP contribution in [0, 0.1) is 11.8 Å². The molecule has 1 aliphatic heterocycles. The molecule has 108 valence electrons. The van der Waals surface area contributed by atoms with Gasteiger partial charge in [0.05, 0.1) is 0 Å². The molecule has 2 nitrogen and oxygen atoms in total. The molecule has 0 bridgehead atoms. The minimum absolute atomic E-state index is 0.411. The molecule has 0 aromatic heterocycles. The monoisotopic (exact) mass is 270 g/mol. The second-order valence-corrected chi connectivity index (χ2v) is 7.32. The lowest BCUT2D eigenvalue weighted by molar-refractivity contribution is 0.0306. The average molecular weight is 270 g/mol. The van der Waals surface area contributed by atoms with E-state index in [9.17, 15) is 0 Å². The Labute approximate surface area is 122 Å². The average Bonchev–Trinajstić information content (AvgIpc) is 3.36. The molecule has 1 aromatic rings. The minimum Gasteiger partial charge on any atom is -0.307 e. The van der Waals surface area contributed by atoms with Crippen molar-refractivity contribution in [3.05, 3.63) is 35.9 Å². The molecule has 2 saturated carbocycles. The van der Waals surface area contributed by atoms with Crippen LogP contribution < -0.4 is 5.32 Å². The zero-order valence-electron chi connectivity index (χ0n) is 12.5. The molecule has 20 heavy (non-hydrogen) atoms. The number of nitrogens with one attached hydrogen (secondary N) is 1. The predicted octanol–water partition coefficient (Wildman–Crippen LogP) is 3.21. The molecule has 0 amide bonds. The van der Waals surface area contributed by atoms with Crippen LogP contribution in [0.4, 0.5) is 0 Å². The Morgan fingerprint density at radius 1 is 1.15 bits per heavy atom. The third-order valence-corrected chi connectivity index (χ3v) is 5.67. The summed E-state index contributed by atoms with van der Waals surface area (Å²) in [5.41, 5.74) is 1.86. The second-order valence-electron chi connectivity index (χ2n) is 7.32. The van der Waals surface area contributed by atoms with Gasteiger partial charge in [0.2, 0.25) is 0 Å². The summed E-state index contributed by atoms with van der Waals surface area (Å²) in [5.74, 6) is 1.92. The van der Waals surface area contributed by atoms with Gasteiger partial charge in [-0.15, -0.1) is 0 Å². The number of hydrogen-bond acceptors (Lipinski definition) is 2. The maximum absolute atomic E-state index is 3.83. The summed E-state index contributed by atoms with van der Waals surface area (Å²) in [7, 11) is 0. The van der Waals surface area contributed by atoms with Crippen LogP contribution >= 0.6 is 0 Å². The van der Waals surface area contributed by atoms with E-state index >= 15 is 0 Å². The molecule has 4 rings (SSSR count). The molecule has 2 atom stereocenters. The van der Waals surface area contributed by atoms with Gasteiger partial charge in [-0.2, -0.15) is 0 Å². The summed E-state index contributed by atoms with van der Waals surface area (Å²) in [6.07, 6.45) is 5.80. The van der Waals surface area contributed by atoms with Gasteiger partial charge in [0, 0.05) is 31.2 Å². The number of nitrogens with zero attached hydrogens (tertiary/aromatic N) is 1. The lowest BCUT2D eigenvalue weighted by Crippen LogP contribution is -2.62. The zero-order chi connectivity index (χ0) is 13.6. The van der Waals surface area contributed by atoms with Crippen LogP contribution in [0.15, 0.2) is 30.3 Å². The fourth-order valence-corrected chi connectivity index (χ4v) is 3.85. The highest BCUT2D eigenvalue weighted by Crippen LogP contribution is 2.46. The van der Waals surface area contributed by atoms with Crippen LogP contribution in [0.2, 0.25) is 0 Å². The first-order valence-corrected chi connectivity index (χ1v) is 8.29. The first-order chi connectivity index (χ1) is 9.75. The molecule has 1 aromatic carbocycles. The van der Waals surface area contributed by atoms with Crippen molar-refractivity contribution in [2.75, 3.05) is 19.6 Å². The largest absolute Gasteiger partial charge is 0.307 e. The van der Waals surface area contributed by atoms with Crippen molar-refractivity contribution in [3.8, 4) is 0 Å². The predicted molar refractivity (Wildman–Crippen MR) is 82.6 cm³/mol. The molecular weight excluding hydrogens is 244 g/mol. The molecule has 0 spiro atoms. The van der Waals surface area contributed by atoms with E-state index in [2.05, 4.69) is 47.5 Å². The summed E-state index contributed by atoms with van der Waals surface area (Å²) >= 11 is 0. The highest BCUT2D eigenvalue weighted by atomic mass is 15.3. The highest BCUT2D eigenvalue weighted by Gasteiger charge is 2.49. The Balaban J connectivity index is 1.53. The van der Waals surface area contributed by atoms with Crippen molar-refractivity contribution in [2.24, 2.45) is 11.8 Å². The molecule has 3 aliphatic rings. The van der Waals surface area contributed by atoms with Crippen molar-refractivity contribution < 1.29 is 0 Å². The van der Waals surface area contributed by atoms with Crippen LogP contribution in [-0.4, -0.2) is 30.1 Å². The van der Waals surface area contributed by atoms with E-state index < -0.39 is 0 Å². The van der Waals surface area contributed by atoms with Gasteiger partial charge < -0.3 is 5.32 Å².